The van der Waals surface area contributed by atoms with Crippen molar-refractivity contribution < 1.29 is 9.53 Å². The molecular formula is C9H18ClNO2. The highest BCUT2D eigenvalue weighted by Gasteiger charge is 2.05. The molecule has 0 heterocycles. The largest absolute Gasteiger partial charge is 0.379 e. The average Bonchev–Trinajstić information content (AvgIpc) is 2.10. The number of hydrogen-bond acceptors (Lipinski definition) is 2. The lowest BCUT2D eigenvalue weighted by Gasteiger charge is -2.15. The van der Waals surface area contributed by atoms with Crippen molar-refractivity contribution in [3.63, 3.8) is 0 Å². The van der Waals surface area contributed by atoms with E-state index in [-0.39, 0.29) is 17.9 Å². The van der Waals surface area contributed by atoms with E-state index >= 15 is 0 Å². The summed E-state index contributed by atoms with van der Waals surface area (Å²) in [6.45, 7) is 5.39. The van der Waals surface area contributed by atoms with E-state index in [1.165, 1.54) is 0 Å². The maximum Gasteiger partial charge on any atom is 0.237 e. The molecule has 0 fully saturated rings. The minimum atomic E-state index is -0.0359. The molecular weight excluding hydrogens is 190 g/mol. The van der Waals surface area contributed by atoms with Crippen molar-refractivity contribution in [1.29, 1.82) is 0 Å². The summed E-state index contributed by atoms with van der Waals surface area (Å²) in [4.78, 5) is 12.6. The van der Waals surface area contributed by atoms with Crippen LogP contribution in [0.5, 0.6) is 0 Å². The molecule has 0 aromatic carbocycles. The zero-order chi connectivity index (χ0) is 10.3. The molecule has 0 bridgehead atoms. The number of carbonyl (C=O) groups is 1. The van der Waals surface area contributed by atoms with Crippen LogP contribution in [0.15, 0.2) is 0 Å². The lowest BCUT2D eigenvalue weighted by Crippen LogP contribution is -2.29. The van der Waals surface area contributed by atoms with Crippen molar-refractivity contribution in [2.45, 2.75) is 26.4 Å². The first-order valence-corrected chi connectivity index (χ1v) is 5.03. The SMILES string of the molecule is CC(C)OCCCN(C)C(=O)CCl. The van der Waals surface area contributed by atoms with Gasteiger partial charge in [-0.25, -0.2) is 0 Å². The molecule has 0 saturated heterocycles. The smallest absolute Gasteiger partial charge is 0.237 e. The Hall–Kier alpha value is -0.280. The van der Waals surface area contributed by atoms with Crippen molar-refractivity contribution >= 4 is 17.5 Å². The summed E-state index contributed by atoms with van der Waals surface area (Å²) in [5.74, 6) is 0.0212. The van der Waals surface area contributed by atoms with Gasteiger partial charge in [-0.1, -0.05) is 0 Å². The van der Waals surface area contributed by atoms with E-state index in [1.54, 1.807) is 11.9 Å². The van der Waals surface area contributed by atoms with E-state index in [1.807, 2.05) is 13.8 Å². The number of rotatable bonds is 6. The Morgan fingerprint density at radius 2 is 2.15 bits per heavy atom. The van der Waals surface area contributed by atoms with Crippen LogP contribution in [-0.4, -0.2) is 43.0 Å². The number of amides is 1. The summed E-state index contributed by atoms with van der Waals surface area (Å²) < 4.78 is 5.33. The van der Waals surface area contributed by atoms with Crippen LogP contribution in [0, 0.1) is 0 Å². The molecule has 13 heavy (non-hydrogen) atoms. The Balaban J connectivity index is 3.37. The standard InChI is InChI=1S/C9H18ClNO2/c1-8(2)13-6-4-5-11(3)9(12)7-10/h8H,4-7H2,1-3H3. The molecule has 0 aliphatic heterocycles. The van der Waals surface area contributed by atoms with Crippen molar-refractivity contribution in [2.75, 3.05) is 26.1 Å². The molecule has 4 heteroatoms. The van der Waals surface area contributed by atoms with Crippen molar-refractivity contribution in [3.05, 3.63) is 0 Å². The van der Waals surface area contributed by atoms with Gasteiger partial charge in [0.2, 0.25) is 5.91 Å². The van der Waals surface area contributed by atoms with Gasteiger partial charge in [0, 0.05) is 20.2 Å². The van der Waals surface area contributed by atoms with Crippen LogP contribution >= 0.6 is 11.6 Å². The third kappa shape index (κ3) is 6.84. The highest BCUT2D eigenvalue weighted by Crippen LogP contribution is 1.94. The number of alkyl halides is 1. The van der Waals surface area contributed by atoms with Crippen LogP contribution in [0.25, 0.3) is 0 Å². The van der Waals surface area contributed by atoms with Crippen molar-refractivity contribution in [2.24, 2.45) is 0 Å². The number of nitrogens with zero attached hydrogens (tertiary/aromatic N) is 1. The molecule has 0 N–H and O–H groups in total. The first-order chi connectivity index (χ1) is 6.07. The average molecular weight is 208 g/mol. The molecule has 0 aliphatic rings. The minimum Gasteiger partial charge on any atom is -0.379 e. The molecule has 0 aliphatic carbocycles. The van der Waals surface area contributed by atoms with Crippen LogP contribution in [0.4, 0.5) is 0 Å². The first kappa shape index (κ1) is 12.7. The van der Waals surface area contributed by atoms with Gasteiger partial charge in [-0.2, -0.15) is 0 Å². The quantitative estimate of drug-likeness (QED) is 0.488. The van der Waals surface area contributed by atoms with E-state index < -0.39 is 0 Å². The summed E-state index contributed by atoms with van der Waals surface area (Å²) in [6.07, 6.45) is 1.12. The fourth-order valence-electron chi connectivity index (χ4n) is 0.847. The Morgan fingerprint density at radius 3 is 2.62 bits per heavy atom. The lowest BCUT2D eigenvalue weighted by molar-refractivity contribution is -0.127. The summed E-state index contributed by atoms with van der Waals surface area (Å²) in [6, 6.07) is 0. The topological polar surface area (TPSA) is 29.5 Å². The fraction of sp³-hybridized carbons (Fsp3) is 0.889. The van der Waals surface area contributed by atoms with Crippen LogP contribution in [0.2, 0.25) is 0 Å². The van der Waals surface area contributed by atoms with Gasteiger partial charge in [-0.3, -0.25) is 4.79 Å². The number of hydrogen-bond donors (Lipinski definition) is 0. The van der Waals surface area contributed by atoms with E-state index in [9.17, 15) is 4.79 Å². The third-order valence-corrected chi connectivity index (χ3v) is 1.86. The molecule has 0 atom stereocenters. The maximum atomic E-state index is 11.0. The van der Waals surface area contributed by atoms with Crippen LogP contribution in [0.3, 0.4) is 0 Å². The molecule has 3 nitrogen and oxygen atoms in total. The van der Waals surface area contributed by atoms with Crippen LogP contribution < -0.4 is 0 Å². The maximum absolute atomic E-state index is 11.0. The Labute approximate surface area is 85.0 Å². The number of ether oxygens (including phenoxy) is 1. The van der Waals surface area contributed by atoms with Gasteiger partial charge >= 0.3 is 0 Å². The Bertz CT molecular complexity index is 151. The van der Waals surface area contributed by atoms with Gasteiger partial charge in [-0.05, 0) is 20.3 Å². The summed E-state index contributed by atoms with van der Waals surface area (Å²) in [5, 5.41) is 0. The second-order valence-corrected chi connectivity index (χ2v) is 3.49. The lowest BCUT2D eigenvalue weighted by atomic mass is 10.4. The summed E-state index contributed by atoms with van der Waals surface area (Å²) in [7, 11) is 1.75. The Kier molecular flexibility index (Phi) is 7.00. The van der Waals surface area contributed by atoms with Crippen LogP contribution in [0.1, 0.15) is 20.3 Å². The normalized spacial score (nSPS) is 10.5. The Morgan fingerprint density at radius 1 is 1.54 bits per heavy atom. The predicted octanol–water partition coefficient (Wildman–Crippen LogP) is 1.50. The zero-order valence-corrected chi connectivity index (χ0v) is 9.30. The number of carbonyl (C=O) groups excluding carboxylic acids is 1. The molecule has 0 unspecified atom stereocenters. The van der Waals surface area contributed by atoms with E-state index in [0.717, 1.165) is 6.42 Å². The zero-order valence-electron chi connectivity index (χ0n) is 8.55. The first-order valence-electron chi connectivity index (χ1n) is 4.49. The van der Waals surface area contributed by atoms with E-state index in [2.05, 4.69) is 0 Å². The highest BCUT2D eigenvalue weighted by molar-refractivity contribution is 6.27. The second kappa shape index (κ2) is 7.15. The molecule has 0 rings (SSSR count). The highest BCUT2D eigenvalue weighted by atomic mass is 35.5. The van der Waals surface area contributed by atoms with Crippen LogP contribution in [-0.2, 0) is 9.53 Å². The van der Waals surface area contributed by atoms with Gasteiger partial charge in [0.05, 0.1) is 6.10 Å². The van der Waals surface area contributed by atoms with E-state index in [0.29, 0.717) is 13.2 Å². The number of halogens is 1. The van der Waals surface area contributed by atoms with Crippen molar-refractivity contribution in [1.82, 2.24) is 4.90 Å². The van der Waals surface area contributed by atoms with Gasteiger partial charge in [0.1, 0.15) is 5.88 Å². The van der Waals surface area contributed by atoms with Gasteiger partial charge in [-0.15, -0.1) is 11.6 Å². The second-order valence-electron chi connectivity index (χ2n) is 3.22. The monoisotopic (exact) mass is 207 g/mol. The molecule has 0 saturated carbocycles. The molecule has 1 amide bonds. The van der Waals surface area contributed by atoms with Gasteiger partial charge in [0.15, 0.2) is 0 Å². The third-order valence-electron chi connectivity index (χ3n) is 1.63. The summed E-state index contributed by atoms with van der Waals surface area (Å²) >= 11 is 5.39. The molecule has 0 aromatic rings. The molecule has 0 spiro atoms. The van der Waals surface area contributed by atoms with Gasteiger partial charge in [0.25, 0.3) is 0 Å². The molecule has 0 aromatic heterocycles. The predicted molar refractivity (Wildman–Crippen MR) is 54.1 cm³/mol. The van der Waals surface area contributed by atoms with Crippen molar-refractivity contribution in [3.8, 4) is 0 Å². The van der Waals surface area contributed by atoms with Gasteiger partial charge < -0.3 is 9.64 Å². The van der Waals surface area contributed by atoms with E-state index in [4.69, 9.17) is 16.3 Å². The summed E-state index contributed by atoms with van der Waals surface area (Å²) in [5.41, 5.74) is 0. The fourth-order valence-corrected chi connectivity index (χ4v) is 1.05. The molecule has 0 radical (unpaired) electrons. The molecule has 78 valence electrons. The minimum absolute atomic E-state index is 0.0359.